The molecule has 1 aromatic rings. The molecule has 1 aliphatic heterocycles. The number of fused-ring (bicyclic) bond motifs is 1. The highest BCUT2D eigenvalue weighted by atomic mass is 35.5. The minimum absolute atomic E-state index is 0.0268. The Balaban J connectivity index is 2.15. The van der Waals surface area contributed by atoms with E-state index in [1.165, 1.54) is 11.1 Å². The number of nitrogens with zero attached hydrogens (tertiary/aromatic N) is 1. The van der Waals surface area contributed by atoms with Crippen LogP contribution in [0.25, 0.3) is 0 Å². The first-order chi connectivity index (χ1) is 7.70. The topological polar surface area (TPSA) is 46.3 Å². The summed E-state index contributed by atoms with van der Waals surface area (Å²) in [7, 11) is 0. The van der Waals surface area contributed by atoms with Crippen LogP contribution in [0.3, 0.4) is 0 Å². The summed E-state index contributed by atoms with van der Waals surface area (Å²) >= 11 is 5.96. The molecule has 0 atom stereocenters. The predicted octanol–water partition coefficient (Wildman–Crippen LogP) is 1.23. The maximum atomic E-state index is 11.5. The molecule has 0 saturated heterocycles. The van der Waals surface area contributed by atoms with Crippen LogP contribution in [0, 0.1) is 0 Å². The van der Waals surface area contributed by atoms with E-state index in [1.807, 2.05) is 23.1 Å². The Morgan fingerprint density at radius 1 is 1.31 bits per heavy atom. The van der Waals surface area contributed by atoms with Gasteiger partial charge in [0.2, 0.25) is 5.91 Å². The Bertz CT molecular complexity index is 406. The number of hydrogen-bond donors (Lipinski definition) is 1. The van der Waals surface area contributed by atoms with E-state index in [4.69, 9.17) is 17.3 Å². The van der Waals surface area contributed by atoms with Gasteiger partial charge in [0.1, 0.15) is 0 Å². The Hall–Kier alpha value is -1.06. The van der Waals surface area contributed by atoms with Crippen LogP contribution in [0.15, 0.2) is 18.2 Å². The number of nitrogens with two attached hydrogens (primary N) is 1. The monoisotopic (exact) mass is 238 g/mol. The first-order valence-corrected chi connectivity index (χ1v) is 5.83. The molecule has 0 spiro atoms. The number of carbonyl (C=O) groups is 1. The van der Waals surface area contributed by atoms with Crippen molar-refractivity contribution in [3.05, 3.63) is 34.3 Å². The average molecular weight is 239 g/mol. The largest absolute Gasteiger partial charge is 0.341 e. The van der Waals surface area contributed by atoms with Crippen molar-refractivity contribution < 1.29 is 4.79 Å². The molecule has 0 saturated carbocycles. The van der Waals surface area contributed by atoms with Crippen LogP contribution in [0.2, 0.25) is 5.02 Å². The zero-order chi connectivity index (χ0) is 11.5. The lowest BCUT2D eigenvalue weighted by Crippen LogP contribution is -2.37. The molecular formula is C12H15ClN2O. The van der Waals surface area contributed by atoms with Gasteiger partial charge in [-0.15, -0.1) is 0 Å². The number of rotatable bonds is 1. The van der Waals surface area contributed by atoms with Crippen molar-refractivity contribution in [2.45, 2.75) is 12.8 Å². The van der Waals surface area contributed by atoms with Gasteiger partial charge in [-0.2, -0.15) is 0 Å². The minimum atomic E-state index is 0.0268. The molecule has 2 rings (SSSR count). The molecule has 86 valence electrons. The van der Waals surface area contributed by atoms with Crippen molar-refractivity contribution in [1.29, 1.82) is 0 Å². The Morgan fingerprint density at radius 2 is 2.00 bits per heavy atom. The summed E-state index contributed by atoms with van der Waals surface area (Å²) in [5, 5.41) is 0.761. The molecule has 0 bridgehead atoms. The SMILES string of the molecule is NCC(=O)N1CCc2ccc(Cl)cc2CC1. The highest BCUT2D eigenvalue weighted by molar-refractivity contribution is 6.30. The van der Waals surface area contributed by atoms with Crippen LogP contribution in [0.5, 0.6) is 0 Å². The molecule has 0 aliphatic carbocycles. The first kappa shape index (κ1) is 11.4. The maximum absolute atomic E-state index is 11.5. The number of hydrogen-bond acceptors (Lipinski definition) is 2. The second-order valence-electron chi connectivity index (χ2n) is 4.00. The van der Waals surface area contributed by atoms with Gasteiger partial charge >= 0.3 is 0 Å². The fourth-order valence-corrected chi connectivity index (χ4v) is 2.27. The molecule has 3 nitrogen and oxygen atoms in total. The van der Waals surface area contributed by atoms with Crippen LogP contribution >= 0.6 is 11.6 Å². The van der Waals surface area contributed by atoms with Crippen molar-refractivity contribution in [3.8, 4) is 0 Å². The fraction of sp³-hybridized carbons (Fsp3) is 0.417. The van der Waals surface area contributed by atoms with Gasteiger partial charge in [-0.1, -0.05) is 17.7 Å². The molecule has 2 N–H and O–H groups in total. The molecule has 0 aromatic heterocycles. The van der Waals surface area contributed by atoms with Crippen LogP contribution in [-0.4, -0.2) is 30.4 Å². The molecule has 0 fully saturated rings. The number of carbonyl (C=O) groups excluding carboxylic acids is 1. The van der Waals surface area contributed by atoms with Crippen molar-refractivity contribution in [3.63, 3.8) is 0 Å². The van der Waals surface area contributed by atoms with Gasteiger partial charge in [-0.3, -0.25) is 4.79 Å². The quantitative estimate of drug-likeness (QED) is 0.800. The molecule has 1 aromatic carbocycles. The Labute approximate surface area is 100 Å². The fourth-order valence-electron chi connectivity index (χ4n) is 2.07. The van der Waals surface area contributed by atoms with Crippen molar-refractivity contribution in [1.82, 2.24) is 4.90 Å². The van der Waals surface area contributed by atoms with Gasteiger partial charge in [0.25, 0.3) is 0 Å². The van der Waals surface area contributed by atoms with Gasteiger partial charge in [0.15, 0.2) is 0 Å². The summed E-state index contributed by atoms with van der Waals surface area (Å²) in [5.74, 6) is 0.0268. The van der Waals surface area contributed by atoms with Gasteiger partial charge in [-0.25, -0.2) is 0 Å². The van der Waals surface area contributed by atoms with E-state index in [0.717, 1.165) is 31.0 Å². The van der Waals surface area contributed by atoms with Gasteiger partial charge < -0.3 is 10.6 Å². The van der Waals surface area contributed by atoms with Gasteiger partial charge in [0.05, 0.1) is 6.54 Å². The third-order valence-electron chi connectivity index (χ3n) is 3.00. The van der Waals surface area contributed by atoms with Gasteiger partial charge in [0, 0.05) is 18.1 Å². The number of amides is 1. The van der Waals surface area contributed by atoms with Crippen molar-refractivity contribution >= 4 is 17.5 Å². The van der Waals surface area contributed by atoms with E-state index in [0.29, 0.717) is 0 Å². The van der Waals surface area contributed by atoms with Crippen LogP contribution in [-0.2, 0) is 17.6 Å². The predicted molar refractivity (Wildman–Crippen MR) is 64.5 cm³/mol. The van der Waals surface area contributed by atoms with Crippen molar-refractivity contribution in [2.24, 2.45) is 5.73 Å². The Morgan fingerprint density at radius 3 is 2.69 bits per heavy atom. The molecule has 4 heteroatoms. The minimum Gasteiger partial charge on any atom is -0.341 e. The summed E-state index contributed by atoms with van der Waals surface area (Å²) in [6.07, 6.45) is 1.75. The van der Waals surface area contributed by atoms with E-state index in [1.54, 1.807) is 0 Å². The summed E-state index contributed by atoms with van der Waals surface area (Å²) in [6.45, 7) is 1.59. The normalized spacial score (nSPS) is 15.5. The summed E-state index contributed by atoms with van der Waals surface area (Å²) in [5.41, 5.74) is 7.91. The molecule has 1 amide bonds. The smallest absolute Gasteiger partial charge is 0.236 e. The lowest BCUT2D eigenvalue weighted by molar-refractivity contribution is -0.129. The zero-order valence-corrected chi connectivity index (χ0v) is 9.83. The van der Waals surface area contributed by atoms with E-state index in [9.17, 15) is 4.79 Å². The van der Waals surface area contributed by atoms with Crippen LogP contribution < -0.4 is 5.73 Å². The third-order valence-corrected chi connectivity index (χ3v) is 3.23. The third kappa shape index (κ3) is 2.36. The molecule has 0 unspecified atom stereocenters. The second kappa shape index (κ2) is 4.85. The summed E-state index contributed by atoms with van der Waals surface area (Å²) in [4.78, 5) is 13.3. The molecule has 16 heavy (non-hydrogen) atoms. The lowest BCUT2D eigenvalue weighted by atomic mass is 10.0. The van der Waals surface area contributed by atoms with E-state index >= 15 is 0 Å². The molecular weight excluding hydrogens is 224 g/mol. The highest BCUT2D eigenvalue weighted by Crippen LogP contribution is 2.20. The molecule has 1 heterocycles. The number of halogens is 1. The molecule has 0 radical (unpaired) electrons. The van der Waals surface area contributed by atoms with Crippen LogP contribution in [0.1, 0.15) is 11.1 Å². The molecule has 1 aliphatic rings. The standard InChI is InChI=1S/C12H15ClN2O/c13-11-2-1-9-3-5-15(12(16)8-14)6-4-10(9)7-11/h1-2,7H,3-6,8,14H2. The van der Waals surface area contributed by atoms with E-state index < -0.39 is 0 Å². The zero-order valence-electron chi connectivity index (χ0n) is 9.08. The average Bonchev–Trinajstić information content (AvgIpc) is 2.50. The number of benzene rings is 1. The highest BCUT2D eigenvalue weighted by Gasteiger charge is 2.17. The second-order valence-corrected chi connectivity index (χ2v) is 4.43. The van der Waals surface area contributed by atoms with E-state index in [-0.39, 0.29) is 12.5 Å². The summed E-state index contributed by atoms with van der Waals surface area (Å²) < 4.78 is 0. The summed E-state index contributed by atoms with van der Waals surface area (Å²) in [6, 6.07) is 5.95. The Kier molecular flexibility index (Phi) is 3.46. The van der Waals surface area contributed by atoms with Crippen LogP contribution in [0.4, 0.5) is 0 Å². The lowest BCUT2D eigenvalue weighted by Gasteiger charge is -2.18. The first-order valence-electron chi connectivity index (χ1n) is 5.46. The van der Waals surface area contributed by atoms with E-state index in [2.05, 4.69) is 0 Å². The maximum Gasteiger partial charge on any atom is 0.236 e. The van der Waals surface area contributed by atoms with Gasteiger partial charge in [-0.05, 0) is 36.1 Å². The van der Waals surface area contributed by atoms with Crippen molar-refractivity contribution in [2.75, 3.05) is 19.6 Å².